The molecule has 0 aliphatic heterocycles. The van der Waals surface area contributed by atoms with Crippen LogP contribution >= 0.6 is 0 Å². The summed E-state index contributed by atoms with van der Waals surface area (Å²) in [5.41, 5.74) is -0.850. The molecule has 0 radical (unpaired) electrons. The van der Waals surface area contributed by atoms with Crippen molar-refractivity contribution in [1.29, 1.82) is 0 Å². The molecular formula is C31H61NO4. The van der Waals surface area contributed by atoms with Crippen LogP contribution in [0.25, 0.3) is 0 Å². The van der Waals surface area contributed by atoms with E-state index in [-0.39, 0.29) is 36.1 Å². The Kier molecular flexibility index (Phi) is 17.4. The summed E-state index contributed by atoms with van der Waals surface area (Å²) in [6, 6.07) is 0. The molecule has 0 bridgehead atoms. The van der Waals surface area contributed by atoms with E-state index in [1.54, 1.807) is 0 Å². The van der Waals surface area contributed by atoms with Crippen LogP contribution in [0.2, 0.25) is 0 Å². The van der Waals surface area contributed by atoms with Crippen LogP contribution in [0, 0.1) is 16.2 Å². The molecule has 0 aliphatic rings. The highest BCUT2D eigenvalue weighted by atomic mass is 16.6. The lowest BCUT2D eigenvalue weighted by atomic mass is 9.61. The molecule has 5 nitrogen and oxygen atoms in total. The molecule has 0 fully saturated rings. The number of carbonyl (C=O) groups excluding carboxylic acids is 2. The highest BCUT2D eigenvalue weighted by Gasteiger charge is 2.47. The molecule has 0 rings (SSSR count). The number of nitrogens with zero attached hydrogens (tertiary/aromatic N) is 1. The minimum atomic E-state index is -0.614. The maximum atomic E-state index is 13.1. The van der Waals surface area contributed by atoms with E-state index in [0.717, 1.165) is 45.2 Å². The van der Waals surface area contributed by atoms with Crippen LogP contribution in [0.3, 0.4) is 0 Å². The Bertz CT molecular complexity index is 574. The van der Waals surface area contributed by atoms with Gasteiger partial charge in [0.1, 0.15) is 13.2 Å². The van der Waals surface area contributed by atoms with Crippen molar-refractivity contribution in [3.05, 3.63) is 0 Å². The molecule has 214 valence electrons. The van der Waals surface area contributed by atoms with Crippen LogP contribution in [0.1, 0.15) is 146 Å². The highest BCUT2D eigenvalue weighted by Crippen LogP contribution is 2.47. The topological polar surface area (TPSA) is 55.8 Å². The van der Waals surface area contributed by atoms with Crippen LogP contribution in [0.15, 0.2) is 0 Å². The third kappa shape index (κ3) is 15.1. The van der Waals surface area contributed by atoms with E-state index in [9.17, 15) is 9.59 Å². The standard InChI is InChI=1S/C31H61NO4/c1-10-12-14-16-18-20-22-32(23-21-19-17-15-13-11-2)28(34)36-25-24-35-27(33)31(9,30(6,7)8)26-29(3,4)5/h10-26H2,1-9H3. The molecule has 1 unspecified atom stereocenters. The van der Waals surface area contributed by atoms with Crippen molar-refractivity contribution in [2.75, 3.05) is 26.3 Å². The van der Waals surface area contributed by atoms with Gasteiger partial charge in [0.05, 0.1) is 5.41 Å². The number of hydrogen-bond donors (Lipinski definition) is 0. The first kappa shape index (κ1) is 34.7. The molecule has 0 saturated heterocycles. The number of unbranched alkanes of at least 4 members (excludes halogenated alkanes) is 10. The van der Waals surface area contributed by atoms with Gasteiger partial charge in [-0.3, -0.25) is 4.79 Å². The zero-order chi connectivity index (χ0) is 27.7. The van der Waals surface area contributed by atoms with E-state index in [0.29, 0.717) is 0 Å². The molecule has 0 aliphatic carbocycles. The highest BCUT2D eigenvalue weighted by molar-refractivity contribution is 5.77. The second-order valence-corrected chi connectivity index (χ2v) is 13.1. The molecule has 0 aromatic rings. The quantitative estimate of drug-likeness (QED) is 0.128. The Morgan fingerprint density at radius 2 is 1.03 bits per heavy atom. The van der Waals surface area contributed by atoms with Gasteiger partial charge in [0.25, 0.3) is 0 Å². The maximum absolute atomic E-state index is 13.1. The Morgan fingerprint density at radius 3 is 1.44 bits per heavy atom. The van der Waals surface area contributed by atoms with Crippen molar-refractivity contribution in [3.63, 3.8) is 0 Å². The third-order valence-electron chi connectivity index (χ3n) is 7.35. The molecule has 0 aromatic heterocycles. The lowest BCUT2D eigenvalue weighted by molar-refractivity contribution is -0.165. The summed E-state index contributed by atoms with van der Waals surface area (Å²) in [4.78, 5) is 27.8. The first-order chi connectivity index (χ1) is 16.8. The first-order valence-electron chi connectivity index (χ1n) is 14.9. The molecule has 1 amide bonds. The van der Waals surface area contributed by atoms with Crippen molar-refractivity contribution >= 4 is 12.1 Å². The number of esters is 1. The van der Waals surface area contributed by atoms with Gasteiger partial charge in [0, 0.05) is 13.1 Å². The molecule has 5 heteroatoms. The number of carbonyl (C=O) groups is 2. The van der Waals surface area contributed by atoms with Gasteiger partial charge in [-0.2, -0.15) is 0 Å². The van der Waals surface area contributed by atoms with Crippen LogP contribution in [-0.4, -0.2) is 43.3 Å². The number of rotatable bonds is 19. The monoisotopic (exact) mass is 511 g/mol. The van der Waals surface area contributed by atoms with Crippen molar-refractivity contribution < 1.29 is 19.1 Å². The maximum Gasteiger partial charge on any atom is 0.409 e. The van der Waals surface area contributed by atoms with E-state index < -0.39 is 5.41 Å². The summed E-state index contributed by atoms with van der Waals surface area (Å²) in [5, 5.41) is 0. The summed E-state index contributed by atoms with van der Waals surface area (Å²) in [7, 11) is 0. The van der Waals surface area contributed by atoms with Gasteiger partial charge in [-0.15, -0.1) is 0 Å². The summed E-state index contributed by atoms with van der Waals surface area (Å²) in [5.74, 6) is -0.211. The predicted molar refractivity (Wildman–Crippen MR) is 152 cm³/mol. The lowest BCUT2D eigenvalue weighted by Crippen LogP contribution is -2.44. The molecule has 0 spiro atoms. The summed E-state index contributed by atoms with van der Waals surface area (Å²) >= 11 is 0. The smallest absolute Gasteiger partial charge is 0.409 e. The van der Waals surface area contributed by atoms with Crippen molar-refractivity contribution in [3.8, 4) is 0 Å². The average Bonchev–Trinajstić information content (AvgIpc) is 2.77. The molecule has 0 heterocycles. The van der Waals surface area contributed by atoms with Gasteiger partial charge in [0.15, 0.2) is 0 Å². The fraction of sp³-hybridized carbons (Fsp3) is 0.935. The van der Waals surface area contributed by atoms with E-state index >= 15 is 0 Å². The van der Waals surface area contributed by atoms with Crippen molar-refractivity contribution in [2.45, 2.75) is 146 Å². The second-order valence-electron chi connectivity index (χ2n) is 13.1. The minimum Gasteiger partial charge on any atom is -0.462 e. The van der Waals surface area contributed by atoms with Crippen LogP contribution in [0.5, 0.6) is 0 Å². The molecule has 36 heavy (non-hydrogen) atoms. The Labute approximate surface area is 224 Å². The minimum absolute atomic E-state index is 0.00109. The number of ether oxygens (including phenoxy) is 2. The summed E-state index contributed by atoms with van der Waals surface area (Å²) < 4.78 is 11.2. The average molecular weight is 512 g/mol. The molecular weight excluding hydrogens is 450 g/mol. The van der Waals surface area contributed by atoms with Gasteiger partial charge in [-0.1, -0.05) is 120 Å². The number of amides is 1. The zero-order valence-electron chi connectivity index (χ0n) is 25.6. The molecule has 0 N–H and O–H groups in total. The zero-order valence-corrected chi connectivity index (χ0v) is 25.6. The third-order valence-corrected chi connectivity index (χ3v) is 7.35. The largest absolute Gasteiger partial charge is 0.462 e. The van der Waals surface area contributed by atoms with E-state index in [1.807, 2.05) is 11.8 Å². The van der Waals surface area contributed by atoms with Gasteiger partial charge in [0.2, 0.25) is 0 Å². The Balaban J connectivity index is 4.72. The lowest BCUT2D eigenvalue weighted by Gasteiger charge is -2.43. The van der Waals surface area contributed by atoms with Crippen LogP contribution in [-0.2, 0) is 14.3 Å². The van der Waals surface area contributed by atoms with Crippen LogP contribution < -0.4 is 0 Å². The van der Waals surface area contributed by atoms with Crippen LogP contribution in [0.4, 0.5) is 4.79 Å². The Hall–Kier alpha value is -1.26. The van der Waals surface area contributed by atoms with Gasteiger partial charge >= 0.3 is 12.1 Å². The molecule has 0 saturated carbocycles. The van der Waals surface area contributed by atoms with E-state index in [4.69, 9.17) is 9.47 Å². The van der Waals surface area contributed by atoms with Crippen molar-refractivity contribution in [1.82, 2.24) is 4.90 Å². The fourth-order valence-corrected chi connectivity index (χ4v) is 4.68. The number of hydrogen-bond acceptors (Lipinski definition) is 4. The van der Waals surface area contributed by atoms with E-state index in [1.165, 1.54) is 51.4 Å². The second kappa shape index (κ2) is 18.1. The summed E-state index contributed by atoms with van der Waals surface area (Å²) in [6.45, 7) is 20.8. The molecule has 0 aromatic carbocycles. The van der Waals surface area contributed by atoms with Gasteiger partial charge in [-0.25, -0.2) is 4.79 Å². The van der Waals surface area contributed by atoms with E-state index in [2.05, 4.69) is 55.4 Å². The van der Waals surface area contributed by atoms with Crippen molar-refractivity contribution in [2.24, 2.45) is 16.2 Å². The first-order valence-corrected chi connectivity index (χ1v) is 14.9. The predicted octanol–water partition coefficient (Wildman–Crippen LogP) is 9.18. The fourth-order valence-electron chi connectivity index (χ4n) is 4.68. The normalized spacial score (nSPS) is 13.8. The molecule has 1 atom stereocenters. The summed E-state index contributed by atoms with van der Waals surface area (Å²) in [6.07, 6.45) is 14.8. The van der Waals surface area contributed by atoms with Gasteiger partial charge in [-0.05, 0) is 37.0 Å². The SMILES string of the molecule is CCCCCCCCN(CCCCCCCC)C(=O)OCCOC(=O)C(C)(CC(C)(C)C)C(C)(C)C. The van der Waals surface area contributed by atoms with Gasteiger partial charge < -0.3 is 14.4 Å². The Morgan fingerprint density at radius 1 is 0.611 bits per heavy atom.